The highest BCUT2D eigenvalue weighted by molar-refractivity contribution is 5.96. The van der Waals surface area contributed by atoms with E-state index in [9.17, 15) is 9.59 Å². The van der Waals surface area contributed by atoms with Crippen LogP contribution in [-0.2, 0) is 4.79 Å². The number of carbonyl (C=O) groups is 2. The van der Waals surface area contributed by atoms with Gasteiger partial charge in [0.2, 0.25) is 5.91 Å². The zero-order chi connectivity index (χ0) is 18.7. The second-order valence-electron chi connectivity index (χ2n) is 7.52. The molecule has 2 amide bonds. The molecule has 0 radical (unpaired) electrons. The zero-order valence-electron chi connectivity index (χ0n) is 16.2. The molecule has 2 aliphatic rings. The van der Waals surface area contributed by atoms with Crippen molar-refractivity contribution < 1.29 is 14.3 Å². The van der Waals surface area contributed by atoms with Crippen molar-refractivity contribution in [2.24, 2.45) is 5.92 Å². The minimum absolute atomic E-state index is 0.0537. The van der Waals surface area contributed by atoms with Gasteiger partial charge in [-0.15, -0.1) is 0 Å². The number of benzene rings is 1. The molecule has 2 fully saturated rings. The quantitative estimate of drug-likeness (QED) is 0.834. The van der Waals surface area contributed by atoms with Crippen molar-refractivity contribution in [2.75, 3.05) is 33.3 Å². The van der Waals surface area contributed by atoms with Crippen LogP contribution in [0, 0.1) is 19.8 Å². The van der Waals surface area contributed by atoms with E-state index < -0.39 is 0 Å². The fourth-order valence-corrected chi connectivity index (χ4v) is 4.16. The average molecular weight is 358 g/mol. The number of piperazine rings is 1. The van der Waals surface area contributed by atoms with E-state index in [1.807, 2.05) is 35.8 Å². The largest absolute Gasteiger partial charge is 0.496 e. The Labute approximate surface area is 156 Å². The van der Waals surface area contributed by atoms with Crippen molar-refractivity contribution in [3.63, 3.8) is 0 Å². The zero-order valence-corrected chi connectivity index (χ0v) is 16.2. The van der Waals surface area contributed by atoms with E-state index in [-0.39, 0.29) is 11.8 Å². The summed E-state index contributed by atoms with van der Waals surface area (Å²) in [6.07, 6.45) is 5.66. The minimum atomic E-state index is 0.0537. The molecule has 0 bridgehead atoms. The Morgan fingerprint density at radius 1 is 0.923 bits per heavy atom. The highest BCUT2D eigenvalue weighted by Crippen LogP contribution is 2.27. The van der Waals surface area contributed by atoms with Gasteiger partial charge in [0.1, 0.15) is 5.75 Å². The van der Waals surface area contributed by atoms with Gasteiger partial charge in [-0.05, 0) is 49.9 Å². The van der Waals surface area contributed by atoms with Crippen molar-refractivity contribution in [3.05, 3.63) is 28.8 Å². The highest BCUT2D eigenvalue weighted by atomic mass is 16.5. The minimum Gasteiger partial charge on any atom is -0.496 e. The van der Waals surface area contributed by atoms with Gasteiger partial charge in [0, 0.05) is 37.7 Å². The van der Waals surface area contributed by atoms with E-state index in [0.29, 0.717) is 32.1 Å². The lowest BCUT2D eigenvalue weighted by Crippen LogP contribution is -2.52. The molecule has 0 unspecified atom stereocenters. The van der Waals surface area contributed by atoms with Crippen molar-refractivity contribution in [3.8, 4) is 5.75 Å². The summed E-state index contributed by atoms with van der Waals surface area (Å²) >= 11 is 0. The molecule has 0 aromatic heterocycles. The number of ether oxygens (including phenoxy) is 1. The smallest absolute Gasteiger partial charge is 0.254 e. The normalized spacial score (nSPS) is 18.7. The van der Waals surface area contributed by atoms with E-state index in [1.54, 1.807) is 7.11 Å². The Bertz CT molecular complexity index is 672. The molecule has 3 rings (SSSR count). The lowest BCUT2D eigenvalue weighted by atomic mass is 9.88. The predicted octanol–water partition coefficient (Wildman–Crippen LogP) is 3.18. The number of carbonyl (C=O) groups excluding carboxylic acids is 2. The lowest BCUT2D eigenvalue weighted by Gasteiger charge is -2.37. The van der Waals surface area contributed by atoms with Crippen LogP contribution in [0.3, 0.4) is 0 Å². The summed E-state index contributed by atoms with van der Waals surface area (Å²) in [6, 6.07) is 3.71. The first-order valence-electron chi connectivity index (χ1n) is 9.75. The molecular formula is C21H30N2O3. The van der Waals surface area contributed by atoms with Crippen molar-refractivity contribution >= 4 is 11.8 Å². The molecule has 1 saturated carbocycles. The standard InChI is InChI=1S/C21H30N2O3/c1-15-16(2)19(26-3)10-9-18(15)21(25)23-13-11-22(12-14-23)20(24)17-7-5-4-6-8-17/h9-10,17H,4-8,11-14H2,1-3H3. The number of nitrogens with zero attached hydrogens (tertiary/aromatic N) is 2. The van der Waals surface area contributed by atoms with Gasteiger partial charge in [0.05, 0.1) is 7.11 Å². The van der Waals surface area contributed by atoms with Crippen LogP contribution in [0.5, 0.6) is 5.75 Å². The van der Waals surface area contributed by atoms with Crippen LogP contribution >= 0.6 is 0 Å². The Kier molecular flexibility index (Phi) is 5.84. The second-order valence-corrected chi connectivity index (χ2v) is 7.52. The summed E-state index contributed by atoms with van der Waals surface area (Å²) < 4.78 is 5.33. The fraction of sp³-hybridized carbons (Fsp3) is 0.619. The SMILES string of the molecule is COc1ccc(C(=O)N2CCN(C(=O)C3CCCCC3)CC2)c(C)c1C. The van der Waals surface area contributed by atoms with E-state index >= 15 is 0 Å². The van der Waals surface area contributed by atoms with Crippen LogP contribution in [-0.4, -0.2) is 54.9 Å². The second kappa shape index (κ2) is 8.11. The number of hydrogen-bond acceptors (Lipinski definition) is 3. The first-order valence-corrected chi connectivity index (χ1v) is 9.75. The number of methoxy groups -OCH3 is 1. The first-order chi connectivity index (χ1) is 12.5. The molecule has 1 saturated heterocycles. The molecule has 1 aliphatic carbocycles. The molecule has 142 valence electrons. The van der Waals surface area contributed by atoms with E-state index in [1.165, 1.54) is 19.3 Å². The molecule has 1 aliphatic heterocycles. The molecule has 1 aromatic carbocycles. The maximum Gasteiger partial charge on any atom is 0.254 e. The summed E-state index contributed by atoms with van der Waals surface area (Å²) in [5.74, 6) is 1.37. The predicted molar refractivity (Wildman–Crippen MR) is 102 cm³/mol. The molecule has 1 aromatic rings. The topological polar surface area (TPSA) is 49.9 Å². The van der Waals surface area contributed by atoms with E-state index in [2.05, 4.69) is 0 Å². The maximum absolute atomic E-state index is 12.9. The van der Waals surface area contributed by atoms with Gasteiger partial charge in [-0.2, -0.15) is 0 Å². The Morgan fingerprint density at radius 2 is 1.54 bits per heavy atom. The third-order valence-corrected chi connectivity index (χ3v) is 6.02. The summed E-state index contributed by atoms with van der Waals surface area (Å²) in [4.78, 5) is 29.4. The summed E-state index contributed by atoms with van der Waals surface area (Å²) in [6.45, 7) is 6.47. The molecule has 1 heterocycles. The summed E-state index contributed by atoms with van der Waals surface area (Å²) in [5, 5.41) is 0. The van der Waals surface area contributed by atoms with Crippen LogP contribution in [0.15, 0.2) is 12.1 Å². The molecule has 0 atom stereocenters. The monoisotopic (exact) mass is 358 g/mol. The molecule has 5 nitrogen and oxygen atoms in total. The third-order valence-electron chi connectivity index (χ3n) is 6.02. The Balaban J connectivity index is 1.62. The number of hydrogen-bond donors (Lipinski definition) is 0. The summed E-state index contributed by atoms with van der Waals surface area (Å²) in [7, 11) is 1.64. The van der Waals surface area contributed by atoms with Gasteiger partial charge in [0.25, 0.3) is 5.91 Å². The van der Waals surface area contributed by atoms with E-state index in [4.69, 9.17) is 4.74 Å². The van der Waals surface area contributed by atoms with Gasteiger partial charge < -0.3 is 14.5 Å². The van der Waals surface area contributed by atoms with Gasteiger partial charge in [-0.3, -0.25) is 9.59 Å². The van der Waals surface area contributed by atoms with Crippen LogP contribution < -0.4 is 4.74 Å². The molecule has 5 heteroatoms. The van der Waals surface area contributed by atoms with Crippen molar-refractivity contribution in [1.29, 1.82) is 0 Å². The average Bonchev–Trinajstić information content (AvgIpc) is 2.70. The lowest BCUT2D eigenvalue weighted by molar-refractivity contribution is -0.138. The first kappa shape index (κ1) is 18.7. The van der Waals surface area contributed by atoms with E-state index in [0.717, 1.165) is 35.3 Å². The highest BCUT2D eigenvalue weighted by Gasteiger charge is 2.30. The third kappa shape index (κ3) is 3.71. The van der Waals surface area contributed by atoms with Gasteiger partial charge in [-0.1, -0.05) is 19.3 Å². The van der Waals surface area contributed by atoms with Crippen LogP contribution in [0.25, 0.3) is 0 Å². The molecule has 26 heavy (non-hydrogen) atoms. The van der Waals surface area contributed by atoms with Crippen molar-refractivity contribution in [1.82, 2.24) is 9.80 Å². The molecule has 0 N–H and O–H groups in total. The van der Waals surface area contributed by atoms with Crippen LogP contribution in [0.1, 0.15) is 53.6 Å². The Morgan fingerprint density at radius 3 is 2.15 bits per heavy atom. The Hall–Kier alpha value is -2.04. The summed E-state index contributed by atoms with van der Waals surface area (Å²) in [5.41, 5.74) is 2.70. The fourth-order valence-electron chi connectivity index (χ4n) is 4.16. The van der Waals surface area contributed by atoms with Gasteiger partial charge in [0.15, 0.2) is 0 Å². The van der Waals surface area contributed by atoms with Crippen LogP contribution in [0.2, 0.25) is 0 Å². The number of rotatable bonds is 3. The van der Waals surface area contributed by atoms with Crippen LogP contribution in [0.4, 0.5) is 0 Å². The maximum atomic E-state index is 12.9. The van der Waals surface area contributed by atoms with Gasteiger partial charge in [-0.25, -0.2) is 0 Å². The molecular weight excluding hydrogens is 328 g/mol. The van der Waals surface area contributed by atoms with Gasteiger partial charge >= 0.3 is 0 Å². The number of amides is 2. The molecule has 0 spiro atoms. The van der Waals surface area contributed by atoms with Crippen molar-refractivity contribution in [2.45, 2.75) is 46.0 Å².